The van der Waals surface area contributed by atoms with Crippen molar-refractivity contribution in [3.8, 4) is 5.75 Å². The summed E-state index contributed by atoms with van der Waals surface area (Å²) in [5, 5.41) is 8.99. The van der Waals surface area contributed by atoms with Gasteiger partial charge in [0.15, 0.2) is 6.10 Å². The summed E-state index contributed by atoms with van der Waals surface area (Å²) in [6.45, 7) is 2.94. The number of aryl methyl sites for hydroxylation is 2. The number of ether oxygens (including phenoxy) is 1. The molecular weight excluding hydrogens is 223 g/mol. The van der Waals surface area contributed by atoms with Crippen molar-refractivity contribution in [3.63, 3.8) is 0 Å². The highest BCUT2D eigenvalue weighted by Crippen LogP contribution is 2.33. The molecule has 0 fully saturated rings. The Morgan fingerprint density at radius 1 is 1.47 bits per heavy atom. The monoisotopic (exact) mass is 236 g/mol. The van der Waals surface area contributed by atoms with Crippen molar-refractivity contribution in [2.75, 3.05) is 6.67 Å². The van der Waals surface area contributed by atoms with Gasteiger partial charge in [0.25, 0.3) is 0 Å². The minimum absolute atomic E-state index is 0.0370. The Hall–Kier alpha value is -1.84. The van der Waals surface area contributed by atoms with Crippen LogP contribution in [0.3, 0.4) is 0 Å². The fourth-order valence-corrected chi connectivity index (χ4v) is 2.04. The highest BCUT2D eigenvalue weighted by atomic mass is 19.1. The fraction of sp³-hybridized carbons (Fsp3) is 0.308. The van der Waals surface area contributed by atoms with Crippen LogP contribution >= 0.6 is 0 Å². The molecule has 3 nitrogen and oxygen atoms in total. The molecular formula is C13H13FO3. The number of carbonyl (C=O) groups is 1. The van der Waals surface area contributed by atoms with Gasteiger partial charge in [0.1, 0.15) is 12.4 Å². The van der Waals surface area contributed by atoms with Gasteiger partial charge in [0.2, 0.25) is 0 Å². The van der Waals surface area contributed by atoms with Crippen molar-refractivity contribution >= 4 is 12.0 Å². The highest BCUT2D eigenvalue weighted by molar-refractivity contribution is 5.95. The van der Waals surface area contributed by atoms with Crippen LogP contribution in [0.2, 0.25) is 0 Å². The van der Waals surface area contributed by atoms with Gasteiger partial charge in [0.05, 0.1) is 5.57 Å². The van der Waals surface area contributed by atoms with Gasteiger partial charge in [-0.05, 0) is 31.6 Å². The summed E-state index contributed by atoms with van der Waals surface area (Å²) in [5.41, 5.74) is 2.57. The van der Waals surface area contributed by atoms with Gasteiger partial charge < -0.3 is 9.84 Å². The molecule has 0 amide bonds. The van der Waals surface area contributed by atoms with E-state index in [-0.39, 0.29) is 5.57 Å². The second kappa shape index (κ2) is 4.20. The van der Waals surface area contributed by atoms with Crippen LogP contribution in [0.15, 0.2) is 17.7 Å². The van der Waals surface area contributed by atoms with Gasteiger partial charge in [-0.15, -0.1) is 0 Å². The fourth-order valence-electron chi connectivity index (χ4n) is 2.04. The smallest absolute Gasteiger partial charge is 0.335 e. The van der Waals surface area contributed by atoms with Crippen LogP contribution in [0.1, 0.15) is 16.7 Å². The third kappa shape index (κ3) is 2.02. The molecule has 0 bridgehead atoms. The molecule has 4 heteroatoms. The molecule has 0 aromatic heterocycles. The number of rotatable bonds is 2. The lowest BCUT2D eigenvalue weighted by Crippen LogP contribution is -2.29. The lowest BCUT2D eigenvalue weighted by Gasteiger charge is -2.25. The first-order chi connectivity index (χ1) is 8.02. The van der Waals surface area contributed by atoms with Crippen molar-refractivity contribution in [1.29, 1.82) is 0 Å². The Bertz CT molecular complexity index is 506. The third-order valence-corrected chi connectivity index (χ3v) is 2.75. The Balaban J connectivity index is 2.57. The normalized spacial score (nSPS) is 18.1. The average molecular weight is 236 g/mol. The minimum Gasteiger partial charge on any atom is -0.482 e. The predicted octanol–water partition coefficient (Wildman–Crippen LogP) is 2.50. The molecule has 17 heavy (non-hydrogen) atoms. The van der Waals surface area contributed by atoms with Crippen molar-refractivity contribution in [2.24, 2.45) is 0 Å². The first-order valence-electron chi connectivity index (χ1n) is 5.31. The maximum absolute atomic E-state index is 12.8. The summed E-state index contributed by atoms with van der Waals surface area (Å²) in [7, 11) is 0. The maximum atomic E-state index is 12.8. The van der Waals surface area contributed by atoms with Crippen LogP contribution in [0, 0.1) is 13.8 Å². The molecule has 0 saturated carbocycles. The van der Waals surface area contributed by atoms with Crippen LogP contribution in [0.4, 0.5) is 4.39 Å². The summed E-state index contributed by atoms with van der Waals surface area (Å²) >= 11 is 0. The molecule has 0 aliphatic carbocycles. The molecule has 0 saturated heterocycles. The molecule has 1 N–H and O–H groups in total. The van der Waals surface area contributed by atoms with E-state index in [9.17, 15) is 9.18 Å². The van der Waals surface area contributed by atoms with Gasteiger partial charge in [0, 0.05) is 5.56 Å². The molecule has 1 aliphatic heterocycles. The Kier molecular flexibility index (Phi) is 2.88. The number of hydrogen-bond acceptors (Lipinski definition) is 2. The second-order valence-corrected chi connectivity index (χ2v) is 4.17. The van der Waals surface area contributed by atoms with Crippen LogP contribution < -0.4 is 4.74 Å². The number of aliphatic carboxylic acids is 1. The lowest BCUT2D eigenvalue weighted by molar-refractivity contribution is -0.133. The predicted molar refractivity (Wildman–Crippen MR) is 61.9 cm³/mol. The summed E-state index contributed by atoms with van der Waals surface area (Å²) in [4.78, 5) is 11.0. The van der Waals surface area contributed by atoms with Crippen molar-refractivity contribution in [2.45, 2.75) is 20.0 Å². The quantitative estimate of drug-likeness (QED) is 0.858. The molecule has 2 rings (SSSR count). The first-order valence-corrected chi connectivity index (χ1v) is 5.31. The van der Waals surface area contributed by atoms with Crippen LogP contribution in [0.25, 0.3) is 6.08 Å². The van der Waals surface area contributed by atoms with E-state index >= 15 is 0 Å². The van der Waals surface area contributed by atoms with E-state index in [0.29, 0.717) is 11.3 Å². The molecule has 1 aromatic carbocycles. The third-order valence-electron chi connectivity index (χ3n) is 2.75. The first kappa shape index (κ1) is 11.6. The number of halogens is 1. The highest BCUT2D eigenvalue weighted by Gasteiger charge is 2.28. The lowest BCUT2D eigenvalue weighted by atomic mass is 9.98. The molecule has 1 aromatic rings. The Morgan fingerprint density at radius 3 is 2.76 bits per heavy atom. The molecule has 90 valence electrons. The van der Waals surface area contributed by atoms with Crippen molar-refractivity contribution in [1.82, 2.24) is 0 Å². The van der Waals surface area contributed by atoms with E-state index in [1.807, 2.05) is 26.0 Å². The largest absolute Gasteiger partial charge is 0.482 e. The molecule has 1 atom stereocenters. The molecule has 1 unspecified atom stereocenters. The zero-order valence-electron chi connectivity index (χ0n) is 9.66. The number of fused-ring (bicyclic) bond motifs is 1. The van der Waals surface area contributed by atoms with Crippen LogP contribution in [-0.2, 0) is 4.79 Å². The molecule has 0 radical (unpaired) electrons. The number of hydrogen-bond donors (Lipinski definition) is 1. The number of alkyl halides is 1. The number of carboxylic acid groups (broad SMARTS) is 1. The van der Waals surface area contributed by atoms with Crippen molar-refractivity contribution < 1.29 is 19.0 Å². The summed E-state index contributed by atoms with van der Waals surface area (Å²) < 4.78 is 18.2. The van der Waals surface area contributed by atoms with Gasteiger partial charge in [-0.1, -0.05) is 11.6 Å². The van der Waals surface area contributed by atoms with E-state index in [4.69, 9.17) is 9.84 Å². The topological polar surface area (TPSA) is 46.5 Å². The number of benzene rings is 1. The average Bonchev–Trinajstić information content (AvgIpc) is 2.27. The van der Waals surface area contributed by atoms with Crippen molar-refractivity contribution in [3.05, 3.63) is 34.4 Å². The van der Waals surface area contributed by atoms with E-state index in [0.717, 1.165) is 11.1 Å². The Labute approximate surface area is 98.5 Å². The zero-order chi connectivity index (χ0) is 12.6. The van der Waals surface area contributed by atoms with E-state index < -0.39 is 18.7 Å². The summed E-state index contributed by atoms with van der Waals surface area (Å²) in [5.74, 6) is -0.569. The van der Waals surface area contributed by atoms with E-state index in [1.54, 1.807) is 0 Å². The SMILES string of the molecule is Cc1cc(C)c2c(c1)C=C(C(=O)O)C(CF)O2. The van der Waals surface area contributed by atoms with Crippen LogP contribution in [-0.4, -0.2) is 23.9 Å². The van der Waals surface area contributed by atoms with E-state index in [1.165, 1.54) is 6.08 Å². The maximum Gasteiger partial charge on any atom is 0.335 e. The minimum atomic E-state index is -1.14. The number of carboxylic acids is 1. The van der Waals surface area contributed by atoms with Gasteiger partial charge in [-0.25, -0.2) is 9.18 Å². The standard InChI is InChI=1S/C13H13FO3/c1-7-3-8(2)12-9(4-7)5-10(13(15)16)11(6-14)17-12/h3-5,11H,6H2,1-2H3,(H,15,16). The summed E-state index contributed by atoms with van der Waals surface area (Å²) in [6.07, 6.45) is 0.479. The summed E-state index contributed by atoms with van der Waals surface area (Å²) in [6, 6.07) is 3.76. The van der Waals surface area contributed by atoms with Gasteiger partial charge >= 0.3 is 5.97 Å². The Morgan fingerprint density at radius 2 is 2.18 bits per heavy atom. The molecule has 1 aliphatic rings. The van der Waals surface area contributed by atoms with Crippen LogP contribution in [0.5, 0.6) is 5.75 Å². The second-order valence-electron chi connectivity index (χ2n) is 4.17. The van der Waals surface area contributed by atoms with Gasteiger partial charge in [-0.2, -0.15) is 0 Å². The van der Waals surface area contributed by atoms with E-state index in [2.05, 4.69) is 0 Å². The molecule has 1 heterocycles. The molecule has 0 spiro atoms. The van der Waals surface area contributed by atoms with Gasteiger partial charge in [-0.3, -0.25) is 0 Å². The zero-order valence-corrected chi connectivity index (χ0v) is 9.66.